The van der Waals surface area contributed by atoms with Crippen molar-refractivity contribution in [2.75, 3.05) is 12.0 Å². The Hall–Kier alpha value is -4.13. The number of non-ortho nitro benzene ring substituents is 1. The predicted octanol–water partition coefficient (Wildman–Crippen LogP) is 6.26. The first-order chi connectivity index (χ1) is 22.2. The molecule has 13 heteroatoms. The molecule has 10 nitrogen and oxygen atoms in total. The molecule has 1 N–H and O–H groups in total. The standard InChI is InChI=1S/C33H26ClN3O7S2/c1-43-19-9-6-17(7-10-19)36-31(38)26-21-13-22(27(26)32(36)39)28-25(21)24(29-30(45-28)35-33(40)46-29)20-12-18(37(41)42)8-11-23(20)44-14-15-2-4-16(34)5-3-15/h2-12,21-22,24-28H,13-14H2,1H3,(H,35,40)/t21?,22?,24-,25?,26?,27?,28?/m1/s1. The number of thiazole rings is 1. The van der Waals surface area contributed by atoms with E-state index in [0.29, 0.717) is 39.2 Å². The van der Waals surface area contributed by atoms with E-state index in [-0.39, 0.29) is 52.0 Å². The van der Waals surface area contributed by atoms with Gasteiger partial charge in [0.2, 0.25) is 11.8 Å². The number of H-pyrrole nitrogens is 1. The van der Waals surface area contributed by atoms with E-state index in [4.69, 9.17) is 21.1 Å². The number of hydrogen-bond donors (Lipinski definition) is 1. The molecular weight excluding hydrogens is 650 g/mol. The van der Waals surface area contributed by atoms with Gasteiger partial charge in [0.25, 0.3) is 5.69 Å². The van der Waals surface area contributed by atoms with E-state index in [1.807, 2.05) is 12.1 Å². The average molecular weight is 676 g/mol. The van der Waals surface area contributed by atoms with Crippen LogP contribution in [0.2, 0.25) is 5.02 Å². The molecule has 3 fully saturated rings. The number of imide groups is 1. The number of aromatic nitrogens is 1. The summed E-state index contributed by atoms with van der Waals surface area (Å²) in [5.74, 6) is -1.16. The van der Waals surface area contributed by atoms with Crippen LogP contribution >= 0.6 is 34.7 Å². The molecule has 3 aromatic carbocycles. The lowest BCUT2D eigenvalue weighted by Gasteiger charge is -2.43. The Morgan fingerprint density at radius 2 is 1.72 bits per heavy atom. The van der Waals surface area contributed by atoms with Gasteiger partial charge < -0.3 is 14.5 Å². The van der Waals surface area contributed by atoms with Crippen LogP contribution in [0.3, 0.4) is 0 Å². The van der Waals surface area contributed by atoms with Crippen molar-refractivity contribution in [3.8, 4) is 11.5 Å². The first-order valence-corrected chi connectivity index (χ1v) is 16.9. The minimum Gasteiger partial charge on any atom is -0.497 e. The Bertz CT molecular complexity index is 1960. The fourth-order valence-corrected chi connectivity index (χ4v) is 11.1. The highest BCUT2D eigenvalue weighted by Crippen LogP contribution is 2.69. The maximum Gasteiger partial charge on any atom is 0.305 e. The van der Waals surface area contributed by atoms with Gasteiger partial charge in [-0.1, -0.05) is 35.1 Å². The molecule has 234 valence electrons. The number of nitrogens with one attached hydrogen (secondary N) is 1. The quantitative estimate of drug-likeness (QED) is 0.138. The zero-order valence-corrected chi connectivity index (χ0v) is 26.6. The minimum atomic E-state index is -0.515. The van der Waals surface area contributed by atoms with Crippen LogP contribution in [0.5, 0.6) is 11.5 Å². The van der Waals surface area contributed by atoms with Crippen molar-refractivity contribution < 1.29 is 24.0 Å². The number of amides is 2. The lowest BCUT2D eigenvalue weighted by molar-refractivity contribution is -0.385. The minimum absolute atomic E-state index is 0.0788. The highest BCUT2D eigenvalue weighted by atomic mass is 35.5. The summed E-state index contributed by atoms with van der Waals surface area (Å²) in [6.07, 6.45) is 0.692. The number of nitro benzene ring substituents is 1. The smallest absolute Gasteiger partial charge is 0.305 e. The first-order valence-electron chi connectivity index (χ1n) is 14.8. The fourth-order valence-electron chi connectivity index (χ4n) is 8.12. The number of rotatable bonds is 7. The third-order valence-corrected chi connectivity index (χ3v) is 12.7. The topological polar surface area (TPSA) is 132 Å². The number of carbonyl (C=O) groups is 2. The number of ether oxygens (including phenoxy) is 2. The van der Waals surface area contributed by atoms with E-state index >= 15 is 0 Å². The molecule has 0 spiro atoms. The number of methoxy groups -OCH3 is 1. The van der Waals surface area contributed by atoms with E-state index in [9.17, 15) is 24.5 Å². The third-order valence-electron chi connectivity index (χ3n) is 9.90. The summed E-state index contributed by atoms with van der Waals surface area (Å²) in [5.41, 5.74) is 1.89. The first kappa shape index (κ1) is 29.3. The van der Waals surface area contributed by atoms with Gasteiger partial charge in [-0.2, -0.15) is 0 Å². The SMILES string of the molecule is COc1ccc(N2C(=O)C3C4CC(C3C2=O)C2C4Sc3[nH]c(=O)sc3[C@@H]2c2cc([N+](=O)[O-])ccc2OCc2ccc(Cl)cc2)cc1. The average Bonchev–Trinajstić information content (AvgIpc) is 3.79. The van der Waals surface area contributed by atoms with Crippen LogP contribution in [0.1, 0.15) is 28.3 Å². The van der Waals surface area contributed by atoms with E-state index in [1.54, 1.807) is 61.3 Å². The van der Waals surface area contributed by atoms with Crippen molar-refractivity contribution in [2.45, 2.75) is 29.2 Å². The molecule has 46 heavy (non-hydrogen) atoms. The molecule has 2 amide bonds. The lowest BCUT2D eigenvalue weighted by Crippen LogP contribution is -2.42. The molecule has 4 aliphatic rings. The normalized spacial score (nSPS) is 27.3. The van der Waals surface area contributed by atoms with Gasteiger partial charge in [-0.25, -0.2) is 0 Å². The van der Waals surface area contributed by atoms with Crippen LogP contribution in [-0.2, 0) is 16.2 Å². The number of nitrogens with zero attached hydrogens (tertiary/aromatic N) is 2. The summed E-state index contributed by atoms with van der Waals surface area (Å²) in [4.78, 5) is 57.2. The van der Waals surface area contributed by atoms with Gasteiger partial charge in [0.1, 0.15) is 18.1 Å². The molecule has 1 saturated heterocycles. The van der Waals surface area contributed by atoms with Crippen LogP contribution in [0, 0.1) is 39.7 Å². The number of anilines is 1. The highest BCUT2D eigenvalue weighted by Gasteiger charge is 2.70. The number of carbonyl (C=O) groups excluding carboxylic acids is 2. The van der Waals surface area contributed by atoms with Crippen LogP contribution in [0.25, 0.3) is 0 Å². The number of halogens is 1. The molecule has 1 aromatic heterocycles. The Morgan fingerprint density at radius 1 is 1.00 bits per heavy atom. The molecule has 2 bridgehead atoms. The van der Waals surface area contributed by atoms with Gasteiger partial charge in [0.15, 0.2) is 0 Å². The molecule has 2 aliphatic carbocycles. The van der Waals surface area contributed by atoms with Crippen molar-refractivity contribution >= 4 is 57.9 Å². The van der Waals surface area contributed by atoms with Crippen LogP contribution in [0.4, 0.5) is 11.4 Å². The largest absolute Gasteiger partial charge is 0.497 e. The summed E-state index contributed by atoms with van der Waals surface area (Å²) in [6, 6.07) is 18.7. The van der Waals surface area contributed by atoms with Crippen LogP contribution in [0.15, 0.2) is 76.6 Å². The summed E-state index contributed by atoms with van der Waals surface area (Å²) in [7, 11) is 1.56. The summed E-state index contributed by atoms with van der Waals surface area (Å²) >= 11 is 8.71. The van der Waals surface area contributed by atoms with Gasteiger partial charge in [0.05, 0.1) is 34.6 Å². The predicted molar refractivity (Wildman–Crippen MR) is 173 cm³/mol. The second-order valence-electron chi connectivity index (χ2n) is 12.1. The van der Waals surface area contributed by atoms with Gasteiger partial charge >= 0.3 is 4.87 Å². The molecule has 8 rings (SSSR count). The van der Waals surface area contributed by atoms with Gasteiger partial charge in [-0.3, -0.25) is 29.4 Å². The molecule has 4 aromatic rings. The Labute approximate surface area is 275 Å². The van der Waals surface area contributed by atoms with E-state index in [1.165, 1.54) is 17.0 Å². The number of nitro groups is 1. The molecule has 0 radical (unpaired) electrons. The Kier molecular flexibility index (Phi) is 7.00. The van der Waals surface area contributed by atoms with Crippen molar-refractivity contribution in [1.29, 1.82) is 0 Å². The number of hydrogen-bond acceptors (Lipinski definition) is 9. The maximum atomic E-state index is 14.1. The van der Waals surface area contributed by atoms with Crippen LogP contribution in [-0.4, -0.2) is 34.1 Å². The maximum absolute atomic E-state index is 14.1. The zero-order chi connectivity index (χ0) is 31.9. The third kappa shape index (κ3) is 4.49. The lowest BCUT2D eigenvalue weighted by atomic mass is 9.68. The van der Waals surface area contributed by atoms with Crippen molar-refractivity contribution in [2.24, 2.45) is 29.6 Å². The summed E-state index contributed by atoms with van der Waals surface area (Å²) in [6.45, 7) is 0.203. The monoisotopic (exact) mass is 675 g/mol. The number of aromatic amines is 1. The van der Waals surface area contributed by atoms with Gasteiger partial charge in [0, 0.05) is 38.8 Å². The summed E-state index contributed by atoms with van der Waals surface area (Å²) in [5, 5.41) is 13.2. The number of fused-ring (bicyclic) bond motifs is 9. The second kappa shape index (κ2) is 11.0. The molecule has 6 unspecified atom stereocenters. The number of thioether (sulfide) groups is 1. The molecule has 2 saturated carbocycles. The van der Waals surface area contributed by atoms with Crippen molar-refractivity contribution in [1.82, 2.24) is 4.98 Å². The van der Waals surface area contributed by atoms with E-state index < -0.39 is 22.7 Å². The van der Waals surface area contributed by atoms with Crippen molar-refractivity contribution in [3.63, 3.8) is 0 Å². The number of benzene rings is 3. The molecule has 7 atom stereocenters. The molecule has 3 heterocycles. The Morgan fingerprint density at radius 3 is 2.41 bits per heavy atom. The zero-order valence-electron chi connectivity index (χ0n) is 24.3. The van der Waals surface area contributed by atoms with E-state index in [0.717, 1.165) is 21.8 Å². The van der Waals surface area contributed by atoms with Gasteiger partial charge in [-0.05, 0) is 72.2 Å². The van der Waals surface area contributed by atoms with E-state index in [2.05, 4.69) is 4.98 Å². The molecule has 2 aliphatic heterocycles. The van der Waals surface area contributed by atoms with Crippen molar-refractivity contribution in [3.05, 3.63) is 108 Å². The fraction of sp³-hybridized carbons (Fsp3) is 0.303. The second-order valence-corrected chi connectivity index (χ2v) is 14.7. The van der Waals surface area contributed by atoms with Crippen LogP contribution < -0.4 is 19.2 Å². The highest BCUT2D eigenvalue weighted by molar-refractivity contribution is 8.00. The Balaban J connectivity index is 1.21. The van der Waals surface area contributed by atoms with Gasteiger partial charge in [-0.15, -0.1) is 11.8 Å². The molecular formula is C33H26ClN3O7S2. The summed E-state index contributed by atoms with van der Waals surface area (Å²) < 4.78 is 11.6.